The molecule has 0 fully saturated rings. The third-order valence-electron chi connectivity index (χ3n) is 4.65. The zero-order chi connectivity index (χ0) is 14.8. The van der Waals surface area contributed by atoms with Gasteiger partial charge in [-0.3, -0.25) is 0 Å². The largest absolute Gasteiger partial charge is 0.354 e. The van der Waals surface area contributed by atoms with Gasteiger partial charge >= 0.3 is 0 Å². The summed E-state index contributed by atoms with van der Waals surface area (Å²) >= 11 is 0. The van der Waals surface area contributed by atoms with Crippen LogP contribution in [0.4, 0.5) is 0 Å². The van der Waals surface area contributed by atoms with Crippen LogP contribution in [0.1, 0.15) is 43.0 Å². The molecular formula is C20H21N. The second-order valence-corrected chi connectivity index (χ2v) is 7.29. The van der Waals surface area contributed by atoms with Gasteiger partial charge in [0.2, 0.25) is 0 Å². The number of hydrogen-bond donors (Lipinski definition) is 1. The van der Waals surface area contributed by atoms with Crippen LogP contribution in [0.2, 0.25) is 0 Å². The van der Waals surface area contributed by atoms with Crippen LogP contribution >= 0.6 is 0 Å². The van der Waals surface area contributed by atoms with Gasteiger partial charge in [0.15, 0.2) is 0 Å². The van der Waals surface area contributed by atoms with Crippen molar-refractivity contribution in [2.75, 3.05) is 0 Å². The lowest BCUT2D eigenvalue weighted by Crippen LogP contribution is -2.11. The highest BCUT2D eigenvalue weighted by Gasteiger charge is 2.26. The first-order valence-electron chi connectivity index (χ1n) is 7.69. The third-order valence-corrected chi connectivity index (χ3v) is 4.65. The highest BCUT2D eigenvalue weighted by molar-refractivity contribution is 5.96. The van der Waals surface area contributed by atoms with Crippen molar-refractivity contribution < 1.29 is 0 Å². The van der Waals surface area contributed by atoms with Crippen LogP contribution in [0.25, 0.3) is 22.2 Å². The van der Waals surface area contributed by atoms with Crippen molar-refractivity contribution in [3.05, 3.63) is 58.7 Å². The van der Waals surface area contributed by atoms with Gasteiger partial charge in [-0.05, 0) is 29.0 Å². The molecule has 1 aliphatic rings. The smallest absolute Gasteiger partial charge is 0.0503 e. The second-order valence-electron chi connectivity index (χ2n) is 7.29. The van der Waals surface area contributed by atoms with E-state index >= 15 is 0 Å². The maximum Gasteiger partial charge on any atom is 0.0503 e. The van der Waals surface area contributed by atoms with Crippen molar-refractivity contribution >= 4 is 10.9 Å². The van der Waals surface area contributed by atoms with Gasteiger partial charge < -0.3 is 4.98 Å². The first-order chi connectivity index (χ1) is 9.95. The maximum absolute atomic E-state index is 3.73. The van der Waals surface area contributed by atoms with Crippen molar-refractivity contribution in [3.8, 4) is 11.3 Å². The number of hydrogen-bond acceptors (Lipinski definition) is 0. The Morgan fingerprint density at radius 1 is 1.05 bits per heavy atom. The molecule has 4 rings (SSSR count). The zero-order valence-electron chi connectivity index (χ0n) is 13.2. The minimum Gasteiger partial charge on any atom is -0.354 e. The van der Waals surface area contributed by atoms with Gasteiger partial charge in [-0.15, -0.1) is 0 Å². The molecule has 3 aromatic rings. The van der Waals surface area contributed by atoms with E-state index in [1.54, 1.807) is 0 Å². The Hall–Kier alpha value is -2.02. The average Bonchev–Trinajstić information content (AvgIpc) is 2.92. The van der Waals surface area contributed by atoms with Gasteiger partial charge in [-0.2, -0.15) is 0 Å². The third kappa shape index (κ3) is 1.77. The van der Waals surface area contributed by atoms with Crippen molar-refractivity contribution in [1.29, 1.82) is 0 Å². The summed E-state index contributed by atoms with van der Waals surface area (Å²) in [5.41, 5.74) is 9.87. The fraction of sp³-hybridized carbons (Fsp3) is 0.300. The number of fused-ring (bicyclic) bond motifs is 5. The van der Waals surface area contributed by atoms with E-state index in [1.807, 2.05) is 0 Å². The molecule has 0 bridgehead atoms. The maximum atomic E-state index is 3.73. The SMILES string of the molecule is Cc1ccc2c(c1)Cc1c-2[nH]c2c(C(C)(C)C)cccc12. The van der Waals surface area contributed by atoms with Crippen LogP contribution in [0.15, 0.2) is 36.4 Å². The molecule has 106 valence electrons. The quantitative estimate of drug-likeness (QED) is 0.445. The summed E-state index contributed by atoms with van der Waals surface area (Å²) in [6.07, 6.45) is 1.06. The summed E-state index contributed by atoms with van der Waals surface area (Å²) in [6.45, 7) is 9.02. The van der Waals surface area contributed by atoms with Gasteiger partial charge in [-0.25, -0.2) is 0 Å². The molecule has 1 heteroatoms. The molecule has 0 aliphatic heterocycles. The number of H-pyrrole nitrogens is 1. The second kappa shape index (κ2) is 4.00. The molecule has 21 heavy (non-hydrogen) atoms. The number of nitrogens with one attached hydrogen (secondary N) is 1. The predicted molar refractivity (Wildman–Crippen MR) is 90.0 cm³/mol. The van der Waals surface area contributed by atoms with Gasteiger partial charge in [0.25, 0.3) is 0 Å². The van der Waals surface area contributed by atoms with E-state index in [1.165, 1.54) is 44.4 Å². The van der Waals surface area contributed by atoms with E-state index < -0.39 is 0 Å². The monoisotopic (exact) mass is 275 g/mol. The molecule has 1 nitrogen and oxygen atoms in total. The first kappa shape index (κ1) is 12.7. The van der Waals surface area contributed by atoms with Crippen LogP contribution in [0.3, 0.4) is 0 Å². The van der Waals surface area contributed by atoms with E-state index in [0.29, 0.717) is 0 Å². The molecule has 0 saturated heterocycles. The average molecular weight is 275 g/mol. The van der Waals surface area contributed by atoms with E-state index in [4.69, 9.17) is 0 Å². The van der Waals surface area contributed by atoms with Gasteiger partial charge in [0, 0.05) is 22.9 Å². The van der Waals surface area contributed by atoms with E-state index in [0.717, 1.165) is 6.42 Å². The molecule has 0 saturated carbocycles. The number of aromatic amines is 1. The lowest BCUT2D eigenvalue weighted by Gasteiger charge is -2.20. The van der Waals surface area contributed by atoms with E-state index in [2.05, 4.69) is 69.1 Å². The summed E-state index contributed by atoms with van der Waals surface area (Å²) < 4.78 is 0. The zero-order valence-corrected chi connectivity index (χ0v) is 13.2. The Kier molecular flexibility index (Phi) is 2.42. The fourth-order valence-electron chi connectivity index (χ4n) is 3.62. The standard InChI is InChI=1S/C20H21N/c1-12-8-9-14-13(10-12)11-16-15-6-5-7-17(20(2,3)4)19(15)21-18(14)16/h5-10,21H,11H2,1-4H3. The summed E-state index contributed by atoms with van der Waals surface area (Å²) in [6, 6.07) is 13.5. The first-order valence-corrected chi connectivity index (χ1v) is 7.69. The lowest BCUT2D eigenvalue weighted by atomic mass is 9.85. The highest BCUT2D eigenvalue weighted by atomic mass is 14.7. The van der Waals surface area contributed by atoms with Crippen molar-refractivity contribution in [2.45, 2.75) is 39.5 Å². The number of aromatic nitrogens is 1. The van der Waals surface area contributed by atoms with Crippen molar-refractivity contribution in [3.63, 3.8) is 0 Å². The molecule has 1 aromatic heterocycles. The summed E-state index contributed by atoms with van der Waals surface area (Å²) in [4.78, 5) is 3.73. The molecule has 0 amide bonds. The summed E-state index contributed by atoms with van der Waals surface area (Å²) in [5, 5.41) is 1.39. The molecular weight excluding hydrogens is 254 g/mol. The Morgan fingerprint density at radius 3 is 2.62 bits per heavy atom. The molecule has 1 aliphatic carbocycles. The number of benzene rings is 2. The Labute approximate surface area is 126 Å². The molecule has 1 N–H and O–H groups in total. The molecule has 1 heterocycles. The fourth-order valence-corrected chi connectivity index (χ4v) is 3.62. The van der Waals surface area contributed by atoms with Crippen LogP contribution in [-0.2, 0) is 11.8 Å². The summed E-state index contributed by atoms with van der Waals surface area (Å²) in [5.74, 6) is 0. The minimum atomic E-state index is 0.161. The van der Waals surface area contributed by atoms with Crippen LogP contribution < -0.4 is 0 Å². The molecule has 0 radical (unpaired) electrons. The Bertz CT molecular complexity index is 859. The molecule has 2 aromatic carbocycles. The Morgan fingerprint density at radius 2 is 1.86 bits per heavy atom. The van der Waals surface area contributed by atoms with Crippen LogP contribution in [-0.4, -0.2) is 4.98 Å². The highest BCUT2D eigenvalue weighted by Crippen LogP contribution is 2.42. The number of para-hydroxylation sites is 1. The predicted octanol–water partition coefficient (Wildman–Crippen LogP) is 5.35. The van der Waals surface area contributed by atoms with Crippen molar-refractivity contribution in [1.82, 2.24) is 4.98 Å². The van der Waals surface area contributed by atoms with E-state index in [9.17, 15) is 0 Å². The molecule has 0 atom stereocenters. The van der Waals surface area contributed by atoms with Crippen molar-refractivity contribution in [2.24, 2.45) is 0 Å². The Balaban J connectivity index is 2.02. The topological polar surface area (TPSA) is 15.8 Å². The van der Waals surface area contributed by atoms with E-state index in [-0.39, 0.29) is 5.41 Å². The van der Waals surface area contributed by atoms with Crippen LogP contribution in [0.5, 0.6) is 0 Å². The van der Waals surface area contributed by atoms with Crippen LogP contribution in [0, 0.1) is 6.92 Å². The number of rotatable bonds is 0. The minimum absolute atomic E-state index is 0.161. The number of aryl methyl sites for hydroxylation is 1. The summed E-state index contributed by atoms with van der Waals surface area (Å²) in [7, 11) is 0. The molecule has 0 unspecified atom stereocenters. The van der Waals surface area contributed by atoms with Gasteiger partial charge in [-0.1, -0.05) is 62.7 Å². The molecule has 0 spiro atoms. The normalized spacial score (nSPS) is 13.5. The van der Waals surface area contributed by atoms with Gasteiger partial charge in [0.1, 0.15) is 0 Å². The lowest BCUT2D eigenvalue weighted by molar-refractivity contribution is 0.595. The van der Waals surface area contributed by atoms with Gasteiger partial charge in [0.05, 0.1) is 5.69 Å².